The van der Waals surface area contributed by atoms with Gasteiger partial charge in [-0.05, 0) is 46.7 Å². The van der Waals surface area contributed by atoms with E-state index < -0.39 is 0 Å². The van der Waals surface area contributed by atoms with Gasteiger partial charge in [0.05, 0.1) is 11.6 Å². The number of carbonyl (C=O) groups excluding carboxylic acids is 1. The highest BCUT2D eigenvalue weighted by atomic mass is 16.1. The molecular formula is C18H16N6O. The molecule has 0 aliphatic rings. The molecule has 0 bridgehead atoms. The zero-order valence-electron chi connectivity index (χ0n) is 13.7. The van der Waals surface area contributed by atoms with Crippen LogP contribution in [0.5, 0.6) is 0 Å². The molecule has 3 rings (SSSR count). The van der Waals surface area contributed by atoms with Gasteiger partial charge in [0.15, 0.2) is 5.82 Å². The summed E-state index contributed by atoms with van der Waals surface area (Å²) in [6, 6.07) is 16.7. The molecule has 0 spiro atoms. The second kappa shape index (κ2) is 7.36. The van der Waals surface area contributed by atoms with Crippen LogP contribution in [0.4, 0.5) is 5.69 Å². The minimum Gasteiger partial charge on any atom is -0.326 e. The van der Waals surface area contributed by atoms with Crippen molar-refractivity contribution < 1.29 is 4.79 Å². The molecular weight excluding hydrogens is 316 g/mol. The van der Waals surface area contributed by atoms with E-state index in [2.05, 4.69) is 26.9 Å². The predicted octanol–water partition coefficient (Wildman–Crippen LogP) is 2.32. The molecule has 2 aromatic carbocycles. The van der Waals surface area contributed by atoms with E-state index >= 15 is 0 Å². The van der Waals surface area contributed by atoms with Gasteiger partial charge in [-0.25, -0.2) is 4.68 Å². The largest absolute Gasteiger partial charge is 0.326 e. The molecule has 1 heterocycles. The van der Waals surface area contributed by atoms with Gasteiger partial charge in [0.1, 0.15) is 0 Å². The van der Waals surface area contributed by atoms with Gasteiger partial charge in [-0.1, -0.05) is 24.3 Å². The maximum Gasteiger partial charge on any atom is 0.224 e. The minimum atomic E-state index is -0.0717. The molecule has 0 atom stereocenters. The quantitative estimate of drug-likeness (QED) is 0.773. The Morgan fingerprint density at radius 3 is 2.72 bits per heavy atom. The Hall–Kier alpha value is -3.53. The lowest BCUT2D eigenvalue weighted by atomic mass is 10.1. The zero-order chi connectivity index (χ0) is 17.6. The molecule has 0 aliphatic carbocycles. The van der Waals surface area contributed by atoms with E-state index in [0.29, 0.717) is 29.9 Å². The fourth-order valence-electron chi connectivity index (χ4n) is 2.44. The summed E-state index contributed by atoms with van der Waals surface area (Å²) in [5.74, 6) is 0.561. The van der Waals surface area contributed by atoms with Crippen molar-refractivity contribution >= 4 is 11.6 Å². The number of nitrogens with zero attached hydrogens (tertiary/aromatic N) is 5. The highest BCUT2D eigenvalue weighted by molar-refractivity contribution is 5.91. The molecule has 7 heteroatoms. The van der Waals surface area contributed by atoms with E-state index in [1.807, 2.05) is 36.4 Å². The fourth-order valence-corrected chi connectivity index (χ4v) is 2.44. The number of nitrogens with one attached hydrogen (secondary N) is 1. The van der Waals surface area contributed by atoms with Crippen LogP contribution in [-0.4, -0.2) is 26.1 Å². The first kappa shape index (κ1) is 16.3. The summed E-state index contributed by atoms with van der Waals surface area (Å²) in [4.78, 5) is 12.2. The molecule has 25 heavy (non-hydrogen) atoms. The number of carbonyl (C=O) groups is 1. The molecule has 124 valence electrons. The van der Waals surface area contributed by atoms with Gasteiger partial charge in [0.2, 0.25) is 5.91 Å². The van der Waals surface area contributed by atoms with Crippen molar-refractivity contribution in [1.29, 1.82) is 5.26 Å². The van der Waals surface area contributed by atoms with Gasteiger partial charge in [-0.15, -0.1) is 5.10 Å². The summed E-state index contributed by atoms with van der Waals surface area (Å²) in [6.45, 7) is 0. The lowest BCUT2D eigenvalue weighted by Gasteiger charge is -2.07. The molecule has 0 radical (unpaired) electrons. The van der Waals surface area contributed by atoms with E-state index in [1.165, 1.54) is 0 Å². The molecule has 0 fully saturated rings. The molecule has 7 nitrogen and oxygen atoms in total. The smallest absolute Gasteiger partial charge is 0.224 e. The molecule has 1 N–H and O–H groups in total. The van der Waals surface area contributed by atoms with E-state index in [1.54, 1.807) is 23.9 Å². The van der Waals surface area contributed by atoms with E-state index in [0.717, 1.165) is 11.1 Å². The number of hydrogen-bond donors (Lipinski definition) is 1. The first-order valence-corrected chi connectivity index (χ1v) is 7.77. The number of aryl methyl sites for hydroxylation is 2. The third-order valence-corrected chi connectivity index (χ3v) is 3.75. The van der Waals surface area contributed by atoms with Crippen LogP contribution in [-0.2, 0) is 18.3 Å². The van der Waals surface area contributed by atoms with E-state index in [4.69, 9.17) is 5.26 Å². The summed E-state index contributed by atoms with van der Waals surface area (Å²) in [6.07, 6.45) is 0.978. The summed E-state index contributed by atoms with van der Waals surface area (Å²) < 4.78 is 1.58. The van der Waals surface area contributed by atoms with Crippen molar-refractivity contribution in [1.82, 2.24) is 20.2 Å². The Bertz CT molecular complexity index is 923. The molecule has 3 aromatic rings. The monoisotopic (exact) mass is 332 g/mol. The standard InChI is InChI=1S/C18H16N6O/c1-24-18(21-22-23-24)15-3-2-4-16(11-15)20-17(25)10-9-13-5-7-14(12-19)8-6-13/h2-8,11H,9-10H2,1H3,(H,20,25). The Morgan fingerprint density at radius 1 is 1.24 bits per heavy atom. The molecule has 0 aliphatic heterocycles. The van der Waals surface area contributed by atoms with Gasteiger partial charge < -0.3 is 5.32 Å². The van der Waals surface area contributed by atoms with E-state index in [-0.39, 0.29) is 5.91 Å². The Labute approximate surface area is 144 Å². The maximum atomic E-state index is 12.2. The van der Waals surface area contributed by atoms with Crippen LogP contribution in [0.25, 0.3) is 11.4 Å². The number of aromatic nitrogens is 4. The minimum absolute atomic E-state index is 0.0717. The lowest BCUT2D eigenvalue weighted by molar-refractivity contribution is -0.116. The number of tetrazole rings is 1. The van der Waals surface area contributed by atoms with Crippen LogP contribution < -0.4 is 5.32 Å². The predicted molar refractivity (Wildman–Crippen MR) is 92.3 cm³/mol. The van der Waals surface area contributed by atoms with E-state index in [9.17, 15) is 4.79 Å². The van der Waals surface area contributed by atoms with Crippen LogP contribution in [0.1, 0.15) is 17.5 Å². The van der Waals surface area contributed by atoms with Gasteiger partial charge in [0, 0.05) is 24.7 Å². The van der Waals surface area contributed by atoms with Crippen molar-refractivity contribution in [2.24, 2.45) is 7.05 Å². The van der Waals surface area contributed by atoms with Crippen LogP contribution in [0, 0.1) is 11.3 Å². The third kappa shape index (κ3) is 4.06. The molecule has 1 aromatic heterocycles. The zero-order valence-corrected chi connectivity index (χ0v) is 13.7. The number of benzene rings is 2. The second-order valence-corrected chi connectivity index (χ2v) is 5.56. The maximum absolute atomic E-state index is 12.2. The average Bonchev–Trinajstić information content (AvgIpc) is 3.06. The Kier molecular flexibility index (Phi) is 4.81. The molecule has 0 saturated heterocycles. The number of amides is 1. The first-order valence-electron chi connectivity index (χ1n) is 7.77. The lowest BCUT2D eigenvalue weighted by Crippen LogP contribution is -2.12. The summed E-state index contributed by atoms with van der Waals surface area (Å²) >= 11 is 0. The highest BCUT2D eigenvalue weighted by Gasteiger charge is 2.08. The topological polar surface area (TPSA) is 96.5 Å². The van der Waals surface area contributed by atoms with Gasteiger partial charge in [-0.3, -0.25) is 4.79 Å². The van der Waals surface area contributed by atoms with Gasteiger partial charge >= 0.3 is 0 Å². The van der Waals surface area contributed by atoms with Crippen molar-refractivity contribution in [2.75, 3.05) is 5.32 Å². The van der Waals surface area contributed by atoms with Gasteiger partial charge in [0.25, 0.3) is 0 Å². The second-order valence-electron chi connectivity index (χ2n) is 5.56. The van der Waals surface area contributed by atoms with Crippen molar-refractivity contribution in [3.63, 3.8) is 0 Å². The van der Waals surface area contributed by atoms with Crippen molar-refractivity contribution in [2.45, 2.75) is 12.8 Å². The van der Waals surface area contributed by atoms with Crippen LogP contribution >= 0.6 is 0 Å². The highest BCUT2D eigenvalue weighted by Crippen LogP contribution is 2.19. The number of rotatable bonds is 5. The number of hydrogen-bond acceptors (Lipinski definition) is 5. The number of anilines is 1. The first-order chi connectivity index (χ1) is 12.2. The Balaban J connectivity index is 1.61. The third-order valence-electron chi connectivity index (χ3n) is 3.75. The summed E-state index contributed by atoms with van der Waals surface area (Å²) in [7, 11) is 1.76. The van der Waals surface area contributed by atoms with Crippen LogP contribution in [0.2, 0.25) is 0 Å². The average molecular weight is 332 g/mol. The SMILES string of the molecule is Cn1nnnc1-c1cccc(NC(=O)CCc2ccc(C#N)cc2)c1. The Morgan fingerprint density at radius 2 is 2.04 bits per heavy atom. The molecule has 0 saturated carbocycles. The van der Waals surface area contributed by atoms with Crippen molar-refractivity contribution in [3.05, 3.63) is 59.7 Å². The fraction of sp³-hybridized carbons (Fsp3) is 0.167. The summed E-state index contributed by atoms with van der Waals surface area (Å²) in [5.41, 5.74) is 3.17. The normalized spacial score (nSPS) is 10.2. The van der Waals surface area contributed by atoms with Gasteiger partial charge in [-0.2, -0.15) is 5.26 Å². The summed E-state index contributed by atoms with van der Waals surface area (Å²) in [5, 5.41) is 23.1. The molecule has 0 unspecified atom stereocenters. The molecule has 1 amide bonds. The number of nitriles is 1. The van der Waals surface area contributed by atoms with Crippen molar-refractivity contribution in [3.8, 4) is 17.5 Å². The van der Waals surface area contributed by atoms with Crippen LogP contribution in [0.3, 0.4) is 0 Å². The van der Waals surface area contributed by atoms with Crippen LogP contribution in [0.15, 0.2) is 48.5 Å².